The number of nitrogens with one attached hydrogen (secondary N) is 1. The molecule has 2 aromatic rings. The van der Waals surface area contributed by atoms with Crippen LogP contribution in [0.4, 0.5) is 20.2 Å². The molecule has 0 atom stereocenters. The van der Waals surface area contributed by atoms with Crippen LogP contribution in [0, 0.1) is 11.6 Å². The largest absolute Gasteiger partial charge is 0.398 e. The molecule has 0 amide bonds. The zero-order valence-electron chi connectivity index (χ0n) is 10.2. The van der Waals surface area contributed by atoms with E-state index in [1.165, 1.54) is 12.1 Å². The second-order valence-corrected chi connectivity index (χ2v) is 7.37. The van der Waals surface area contributed by atoms with Gasteiger partial charge in [0, 0.05) is 4.47 Å². The number of benzene rings is 2. The summed E-state index contributed by atoms with van der Waals surface area (Å²) in [4.78, 5) is -0.356. The van der Waals surface area contributed by atoms with E-state index >= 15 is 0 Å². The van der Waals surface area contributed by atoms with Crippen LogP contribution in [0.25, 0.3) is 0 Å². The van der Waals surface area contributed by atoms with E-state index in [1.807, 2.05) is 0 Å². The van der Waals surface area contributed by atoms with Crippen LogP contribution in [0.3, 0.4) is 0 Å². The summed E-state index contributed by atoms with van der Waals surface area (Å²) in [5, 5.41) is 0. The van der Waals surface area contributed by atoms with E-state index in [1.54, 1.807) is 0 Å². The molecule has 21 heavy (non-hydrogen) atoms. The van der Waals surface area contributed by atoms with Gasteiger partial charge in [-0.05, 0) is 56.1 Å². The number of nitrogen functional groups attached to an aromatic ring is 1. The maximum absolute atomic E-state index is 13.7. The van der Waals surface area contributed by atoms with Crippen LogP contribution in [0.5, 0.6) is 0 Å². The molecule has 0 radical (unpaired) electrons. The van der Waals surface area contributed by atoms with E-state index in [0.29, 0.717) is 0 Å². The number of nitrogens with two attached hydrogens (primary N) is 1. The maximum atomic E-state index is 13.7. The Hall–Kier alpha value is -1.19. The normalized spacial score (nSPS) is 11.4. The minimum Gasteiger partial charge on any atom is -0.398 e. The Morgan fingerprint density at radius 2 is 1.71 bits per heavy atom. The molecule has 0 aliphatic carbocycles. The van der Waals surface area contributed by atoms with Crippen LogP contribution in [-0.2, 0) is 10.0 Å². The molecule has 0 fully saturated rings. The fourth-order valence-electron chi connectivity index (χ4n) is 1.56. The van der Waals surface area contributed by atoms with Gasteiger partial charge in [0.15, 0.2) is 0 Å². The highest BCUT2D eigenvalue weighted by molar-refractivity contribution is 9.10. The molecule has 0 aliphatic rings. The van der Waals surface area contributed by atoms with Gasteiger partial charge < -0.3 is 5.73 Å². The molecule has 2 aromatic carbocycles. The number of hydrogen-bond acceptors (Lipinski definition) is 3. The van der Waals surface area contributed by atoms with Crippen molar-refractivity contribution in [2.75, 3.05) is 10.5 Å². The number of para-hydroxylation sites is 1. The van der Waals surface area contributed by atoms with Gasteiger partial charge in [0.2, 0.25) is 0 Å². The highest BCUT2D eigenvalue weighted by Crippen LogP contribution is 2.31. The van der Waals surface area contributed by atoms with Gasteiger partial charge in [-0.2, -0.15) is 0 Å². The summed E-state index contributed by atoms with van der Waals surface area (Å²) in [5.41, 5.74) is 4.99. The van der Waals surface area contributed by atoms with E-state index in [4.69, 9.17) is 5.73 Å². The van der Waals surface area contributed by atoms with Crippen LogP contribution in [0.1, 0.15) is 0 Å². The quantitative estimate of drug-likeness (QED) is 0.710. The van der Waals surface area contributed by atoms with Gasteiger partial charge in [-0.15, -0.1) is 0 Å². The first-order valence-corrected chi connectivity index (χ1v) is 8.50. The van der Waals surface area contributed by atoms with E-state index in [2.05, 4.69) is 36.6 Å². The number of anilines is 2. The molecule has 2 rings (SSSR count). The van der Waals surface area contributed by atoms with Crippen LogP contribution in [0.2, 0.25) is 0 Å². The van der Waals surface area contributed by atoms with Gasteiger partial charge in [0.1, 0.15) is 16.5 Å². The maximum Gasteiger partial charge on any atom is 0.264 e. The van der Waals surface area contributed by atoms with Crippen molar-refractivity contribution < 1.29 is 17.2 Å². The fourth-order valence-corrected chi connectivity index (χ4v) is 3.86. The van der Waals surface area contributed by atoms with Crippen molar-refractivity contribution in [3.05, 3.63) is 50.9 Å². The molecule has 0 spiro atoms. The Morgan fingerprint density at radius 1 is 1.05 bits per heavy atom. The minimum atomic E-state index is -4.17. The number of sulfonamides is 1. The number of rotatable bonds is 3. The SMILES string of the molecule is Nc1cc(F)c(Br)cc1S(=O)(=O)Nc1c(F)cccc1Br. The molecule has 112 valence electrons. The van der Waals surface area contributed by atoms with Crippen molar-refractivity contribution in [2.24, 2.45) is 0 Å². The monoisotopic (exact) mass is 440 g/mol. The standard InChI is InChI=1S/C12H8Br2F2N2O2S/c13-6-2-1-3-8(15)12(6)18-21(19,20)11-4-7(14)9(16)5-10(11)17/h1-5,18H,17H2. The lowest BCUT2D eigenvalue weighted by Crippen LogP contribution is -2.16. The molecular weight excluding hydrogens is 434 g/mol. The average Bonchev–Trinajstić information content (AvgIpc) is 2.38. The lowest BCUT2D eigenvalue weighted by Gasteiger charge is -2.12. The Morgan fingerprint density at radius 3 is 2.33 bits per heavy atom. The number of hydrogen-bond donors (Lipinski definition) is 2. The van der Waals surface area contributed by atoms with E-state index in [0.717, 1.165) is 18.2 Å². The summed E-state index contributed by atoms with van der Waals surface area (Å²) in [6.07, 6.45) is 0. The Labute approximate surface area is 136 Å². The molecule has 4 nitrogen and oxygen atoms in total. The van der Waals surface area contributed by atoms with Gasteiger partial charge >= 0.3 is 0 Å². The van der Waals surface area contributed by atoms with Crippen molar-refractivity contribution in [2.45, 2.75) is 4.90 Å². The lowest BCUT2D eigenvalue weighted by molar-refractivity contribution is 0.597. The molecule has 0 aromatic heterocycles. The average molecular weight is 442 g/mol. The zero-order chi connectivity index (χ0) is 15.8. The third-order valence-electron chi connectivity index (χ3n) is 2.54. The van der Waals surface area contributed by atoms with Crippen LogP contribution in [0.15, 0.2) is 44.2 Å². The van der Waals surface area contributed by atoms with Crippen LogP contribution >= 0.6 is 31.9 Å². The highest BCUT2D eigenvalue weighted by Gasteiger charge is 2.22. The minimum absolute atomic E-state index is 0.0651. The van der Waals surface area contributed by atoms with Crippen molar-refractivity contribution in [1.29, 1.82) is 0 Å². The molecule has 0 aliphatic heterocycles. The van der Waals surface area contributed by atoms with Crippen molar-refractivity contribution in [3.63, 3.8) is 0 Å². The van der Waals surface area contributed by atoms with Crippen molar-refractivity contribution >= 4 is 53.3 Å². The van der Waals surface area contributed by atoms with Gasteiger partial charge in [-0.1, -0.05) is 6.07 Å². The molecule has 0 saturated heterocycles. The molecule has 0 saturated carbocycles. The highest BCUT2D eigenvalue weighted by atomic mass is 79.9. The second-order valence-electron chi connectivity index (χ2n) is 4.01. The van der Waals surface area contributed by atoms with Gasteiger partial charge in [0.05, 0.1) is 15.8 Å². The topological polar surface area (TPSA) is 72.2 Å². The predicted molar refractivity (Wildman–Crippen MR) is 83.4 cm³/mol. The first-order chi connectivity index (χ1) is 9.72. The van der Waals surface area contributed by atoms with Crippen LogP contribution < -0.4 is 10.5 Å². The zero-order valence-corrected chi connectivity index (χ0v) is 14.2. The summed E-state index contributed by atoms with van der Waals surface area (Å²) in [6.45, 7) is 0. The summed E-state index contributed by atoms with van der Waals surface area (Å²) < 4.78 is 53.8. The smallest absolute Gasteiger partial charge is 0.264 e. The predicted octanol–water partition coefficient (Wildman–Crippen LogP) is 3.87. The summed E-state index contributed by atoms with van der Waals surface area (Å²) >= 11 is 5.93. The Kier molecular flexibility index (Phi) is 4.54. The lowest BCUT2D eigenvalue weighted by atomic mass is 10.3. The third-order valence-corrected chi connectivity index (χ3v) is 5.22. The first kappa shape index (κ1) is 16.2. The first-order valence-electron chi connectivity index (χ1n) is 5.43. The van der Waals surface area contributed by atoms with E-state index in [-0.39, 0.29) is 25.2 Å². The molecule has 3 N–H and O–H groups in total. The van der Waals surface area contributed by atoms with Crippen molar-refractivity contribution in [3.8, 4) is 0 Å². The molecule has 0 heterocycles. The summed E-state index contributed by atoms with van der Waals surface area (Å²) in [7, 11) is -4.17. The van der Waals surface area contributed by atoms with Crippen LogP contribution in [-0.4, -0.2) is 8.42 Å². The number of halogens is 4. The summed E-state index contributed by atoms with van der Waals surface area (Å²) in [5.74, 6) is -1.45. The summed E-state index contributed by atoms with van der Waals surface area (Å²) in [6, 6.07) is 5.88. The van der Waals surface area contributed by atoms with Gasteiger partial charge in [-0.25, -0.2) is 17.2 Å². The molecular formula is C12H8Br2F2N2O2S. The Bertz CT molecular complexity index is 793. The van der Waals surface area contributed by atoms with E-state index in [9.17, 15) is 17.2 Å². The molecule has 9 heteroatoms. The molecule has 0 unspecified atom stereocenters. The van der Waals surface area contributed by atoms with Gasteiger partial charge in [-0.3, -0.25) is 4.72 Å². The molecule has 0 bridgehead atoms. The van der Waals surface area contributed by atoms with E-state index < -0.39 is 21.7 Å². The fraction of sp³-hybridized carbons (Fsp3) is 0. The third kappa shape index (κ3) is 3.35. The van der Waals surface area contributed by atoms with Crippen molar-refractivity contribution in [1.82, 2.24) is 0 Å². The van der Waals surface area contributed by atoms with Gasteiger partial charge in [0.25, 0.3) is 10.0 Å². The Balaban J connectivity index is 2.51. The second kappa shape index (κ2) is 5.90.